The van der Waals surface area contributed by atoms with Gasteiger partial charge in [0.15, 0.2) is 5.82 Å². The molecular weight excluding hydrogens is 420 g/mol. The number of hydrogen-bond acceptors (Lipinski definition) is 7. The number of piperazine rings is 1. The van der Waals surface area contributed by atoms with E-state index in [4.69, 9.17) is 9.15 Å². The van der Waals surface area contributed by atoms with Crippen LogP contribution in [0.3, 0.4) is 0 Å². The number of methoxy groups -OCH3 is 1. The second-order valence-corrected chi connectivity index (χ2v) is 7.74. The average Bonchev–Trinajstić information content (AvgIpc) is 2.88. The number of hydrogen-bond donors (Lipinski definition) is 0. The average molecular weight is 442 g/mol. The molecule has 0 atom stereocenters. The standard InChI is InChI=1S/C25H22N4O4/c1-32-22-9-5-3-7-18(22)20-10-11-23(27-26-20)28-12-14-29(15-13-28)24(30)19-16-17-6-2-4-8-21(17)33-25(19)31/h2-11,16H,12-15H2,1H3. The molecular formula is C25H22N4O4. The predicted molar refractivity (Wildman–Crippen MR) is 125 cm³/mol. The molecule has 0 aliphatic carbocycles. The summed E-state index contributed by atoms with van der Waals surface area (Å²) in [7, 11) is 1.63. The van der Waals surface area contributed by atoms with E-state index in [1.54, 1.807) is 30.2 Å². The zero-order chi connectivity index (χ0) is 22.8. The van der Waals surface area contributed by atoms with E-state index < -0.39 is 5.63 Å². The van der Waals surface area contributed by atoms with Crippen LogP contribution in [0.15, 0.2) is 75.9 Å². The molecule has 33 heavy (non-hydrogen) atoms. The Labute approximate surface area is 190 Å². The number of carbonyl (C=O) groups is 1. The van der Waals surface area contributed by atoms with Crippen molar-refractivity contribution in [2.24, 2.45) is 0 Å². The van der Waals surface area contributed by atoms with Crippen LogP contribution in [0.1, 0.15) is 10.4 Å². The Morgan fingerprint density at radius 3 is 2.45 bits per heavy atom. The Balaban J connectivity index is 1.28. The lowest BCUT2D eigenvalue weighted by Crippen LogP contribution is -2.49. The van der Waals surface area contributed by atoms with Gasteiger partial charge in [0.2, 0.25) is 0 Å². The molecule has 1 aliphatic heterocycles. The summed E-state index contributed by atoms with van der Waals surface area (Å²) in [4.78, 5) is 29.1. The molecule has 3 heterocycles. The summed E-state index contributed by atoms with van der Waals surface area (Å²) in [6.07, 6.45) is 0. The fourth-order valence-corrected chi connectivity index (χ4v) is 4.01. The van der Waals surface area contributed by atoms with Crippen molar-refractivity contribution in [2.45, 2.75) is 0 Å². The van der Waals surface area contributed by atoms with E-state index in [-0.39, 0.29) is 11.5 Å². The topological polar surface area (TPSA) is 88.8 Å². The van der Waals surface area contributed by atoms with E-state index in [1.807, 2.05) is 48.5 Å². The number of anilines is 1. The van der Waals surface area contributed by atoms with Crippen LogP contribution in [0.25, 0.3) is 22.2 Å². The van der Waals surface area contributed by atoms with E-state index in [1.165, 1.54) is 0 Å². The van der Waals surface area contributed by atoms with Crippen LogP contribution in [0.2, 0.25) is 0 Å². The molecule has 4 aromatic rings. The SMILES string of the molecule is COc1ccccc1-c1ccc(N2CCN(C(=O)c3cc4ccccc4oc3=O)CC2)nn1. The van der Waals surface area contributed by atoms with E-state index in [2.05, 4.69) is 15.1 Å². The fourth-order valence-electron chi connectivity index (χ4n) is 4.01. The highest BCUT2D eigenvalue weighted by Crippen LogP contribution is 2.28. The number of amides is 1. The Hall–Kier alpha value is -4.20. The maximum absolute atomic E-state index is 13.0. The number of ether oxygens (including phenoxy) is 1. The Kier molecular flexibility index (Phi) is 5.48. The third-order valence-electron chi connectivity index (χ3n) is 5.80. The van der Waals surface area contributed by atoms with Crippen molar-refractivity contribution in [2.75, 3.05) is 38.2 Å². The van der Waals surface area contributed by atoms with Gasteiger partial charge in [-0.15, -0.1) is 10.2 Å². The normalized spacial score (nSPS) is 13.8. The zero-order valence-electron chi connectivity index (χ0n) is 18.1. The third-order valence-corrected chi connectivity index (χ3v) is 5.80. The summed E-state index contributed by atoms with van der Waals surface area (Å²) >= 11 is 0. The predicted octanol–water partition coefficient (Wildman–Crippen LogP) is 3.22. The van der Waals surface area contributed by atoms with Crippen molar-refractivity contribution in [3.05, 3.63) is 82.7 Å². The van der Waals surface area contributed by atoms with Crippen LogP contribution in [-0.4, -0.2) is 54.3 Å². The number of aromatic nitrogens is 2. The first kappa shape index (κ1) is 20.7. The second kappa shape index (κ2) is 8.74. The molecule has 0 spiro atoms. The second-order valence-electron chi connectivity index (χ2n) is 7.74. The molecule has 2 aromatic carbocycles. The third kappa shape index (κ3) is 4.03. The van der Waals surface area contributed by atoms with Crippen molar-refractivity contribution in [3.63, 3.8) is 0 Å². The van der Waals surface area contributed by atoms with E-state index in [0.29, 0.717) is 31.8 Å². The summed E-state index contributed by atoms with van der Waals surface area (Å²) < 4.78 is 10.7. The zero-order valence-corrected chi connectivity index (χ0v) is 18.1. The lowest BCUT2D eigenvalue weighted by molar-refractivity contribution is 0.0742. The molecule has 0 radical (unpaired) electrons. The van der Waals surface area contributed by atoms with Gasteiger partial charge in [-0.1, -0.05) is 30.3 Å². The largest absolute Gasteiger partial charge is 0.496 e. The molecule has 5 rings (SSSR count). The maximum atomic E-state index is 13.0. The molecule has 1 fully saturated rings. The highest BCUT2D eigenvalue weighted by Gasteiger charge is 2.25. The van der Waals surface area contributed by atoms with Crippen LogP contribution < -0.4 is 15.3 Å². The summed E-state index contributed by atoms with van der Waals surface area (Å²) in [6, 6.07) is 20.3. The quantitative estimate of drug-likeness (QED) is 0.448. The van der Waals surface area contributed by atoms with Crippen molar-refractivity contribution < 1.29 is 13.9 Å². The molecule has 8 nitrogen and oxygen atoms in total. The number of nitrogens with zero attached hydrogens (tertiary/aromatic N) is 4. The molecule has 0 saturated carbocycles. The van der Waals surface area contributed by atoms with Gasteiger partial charge in [0.1, 0.15) is 16.9 Å². The van der Waals surface area contributed by atoms with Crippen LogP contribution in [-0.2, 0) is 0 Å². The Morgan fingerprint density at radius 2 is 1.70 bits per heavy atom. The van der Waals surface area contributed by atoms with Gasteiger partial charge in [-0.05, 0) is 36.4 Å². The van der Waals surface area contributed by atoms with Gasteiger partial charge in [-0.25, -0.2) is 4.79 Å². The van der Waals surface area contributed by atoms with Crippen LogP contribution >= 0.6 is 0 Å². The summed E-state index contributed by atoms with van der Waals surface area (Å²) in [5, 5.41) is 9.48. The van der Waals surface area contributed by atoms with Gasteiger partial charge in [0.05, 0.1) is 12.8 Å². The smallest absolute Gasteiger partial charge is 0.349 e. The summed E-state index contributed by atoms with van der Waals surface area (Å²) in [6.45, 7) is 2.13. The highest BCUT2D eigenvalue weighted by molar-refractivity contribution is 5.96. The minimum absolute atomic E-state index is 0.0584. The first-order chi connectivity index (χ1) is 16.1. The Bertz CT molecular complexity index is 1360. The molecule has 1 aliphatic rings. The van der Waals surface area contributed by atoms with Gasteiger partial charge in [-0.2, -0.15) is 0 Å². The van der Waals surface area contributed by atoms with Crippen molar-refractivity contribution in [1.82, 2.24) is 15.1 Å². The number of para-hydroxylation sites is 2. The molecule has 0 N–H and O–H groups in total. The minimum Gasteiger partial charge on any atom is -0.496 e. The molecule has 166 valence electrons. The first-order valence-electron chi connectivity index (χ1n) is 10.7. The van der Waals surface area contributed by atoms with Crippen molar-refractivity contribution in [1.29, 1.82) is 0 Å². The van der Waals surface area contributed by atoms with E-state index in [0.717, 1.165) is 28.2 Å². The summed E-state index contributed by atoms with van der Waals surface area (Å²) in [5.74, 6) is 1.17. The van der Waals surface area contributed by atoms with Gasteiger partial charge >= 0.3 is 5.63 Å². The van der Waals surface area contributed by atoms with Crippen molar-refractivity contribution in [3.8, 4) is 17.0 Å². The molecule has 0 unspecified atom stereocenters. The Morgan fingerprint density at radius 1 is 0.939 bits per heavy atom. The van der Waals surface area contributed by atoms with Gasteiger partial charge < -0.3 is 19.0 Å². The maximum Gasteiger partial charge on any atom is 0.349 e. The number of benzene rings is 2. The minimum atomic E-state index is -0.612. The first-order valence-corrected chi connectivity index (χ1v) is 10.7. The van der Waals surface area contributed by atoms with E-state index in [9.17, 15) is 9.59 Å². The van der Waals surface area contributed by atoms with Gasteiger partial charge in [0.25, 0.3) is 5.91 Å². The van der Waals surface area contributed by atoms with Crippen LogP contribution in [0, 0.1) is 0 Å². The van der Waals surface area contributed by atoms with Crippen LogP contribution in [0.5, 0.6) is 5.75 Å². The molecule has 1 amide bonds. The summed E-state index contributed by atoms with van der Waals surface area (Å²) in [5.41, 5.74) is 1.53. The lowest BCUT2D eigenvalue weighted by Gasteiger charge is -2.35. The van der Waals surface area contributed by atoms with Crippen LogP contribution in [0.4, 0.5) is 5.82 Å². The fraction of sp³-hybridized carbons (Fsp3) is 0.200. The van der Waals surface area contributed by atoms with Gasteiger partial charge in [0, 0.05) is 37.1 Å². The highest BCUT2D eigenvalue weighted by atomic mass is 16.5. The van der Waals surface area contributed by atoms with Gasteiger partial charge in [-0.3, -0.25) is 4.79 Å². The monoisotopic (exact) mass is 442 g/mol. The number of rotatable bonds is 4. The lowest BCUT2D eigenvalue weighted by atomic mass is 10.1. The van der Waals surface area contributed by atoms with E-state index >= 15 is 0 Å². The molecule has 8 heteroatoms. The molecule has 2 aromatic heterocycles. The molecule has 1 saturated heterocycles. The number of carbonyl (C=O) groups excluding carboxylic acids is 1. The number of fused-ring (bicyclic) bond motifs is 1. The van der Waals surface area contributed by atoms with Crippen molar-refractivity contribution >= 4 is 22.7 Å². The molecule has 0 bridgehead atoms.